The van der Waals surface area contributed by atoms with Crippen molar-refractivity contribution in [3.05, 3.63) is 54.1 Å². The minimum absolute atomic E-state index is 0.316. The molecule has 0 bridgehead atoms. The Bertz CT molecular complexity index is 583. The molecule has 0 unspecified atom stereocenters. The van der Waals surface area contributed by atoms with Gasteiger partial charge in [-0.1, -0.05) is 50.2 Å². The summed E-state index contributed by atoms with van der Waals surface area (Å²) in [6.07, 6.45) is 1.09. The topological polar surface area (TPSA) is 46.5 Å². The molecule has 3 heteroatoms. The molecule has 0 aromatic heterocycles. The first-order valence-electron chi connectivity index (χ1n) is 7.08. The van der Waals surface area contributed by atoms with Crippen LogP contribution in [0.3, 0.4) is 0 Å². The molecule has 0 heterocycles. The fourth-order valence-corrected chi connectivity index (χ4v) is 2.19. The van der Waals surface area contributed by atoms with Crippen LogP contribution in [0.1, 0.15) is 19.4 Å². The summed E-state index contributed by atoms with van der Waals surface area (Å²) in [5, 5.41) is 8.57. The lowest BCUT2D eigenvalue weighted by Gasteiger charge is -2.08. The van der Waals surface area contributed by atoms with E-state index in [-0.39, 0.29) is 6.61 Å². The Morgan fingerprint density at radius 3 is 2.00 bits per heavy atom. The van der Waals surface area contributed by atoms with E-state index >= 15 is 0 Å². The molecule has 0 aliphatic heterocycles. The van der Waals surface area contributed by atoms with Crippen LogP contribution in [0.5, 0.6) is 5.75 Å². The minimum atomic E-state index is -0.972. The highest BCUT2D eigenvalue weighted by Gasteiger charge is 2.02. The van der Waals surface area contributed by atoms with E-state index in [2.05, 4.69) is 38.1 Å². The van der Waals surface area contributed by atoms with E-state index in [0.717, 1.165) is 17.5 Å². The van der Waals surface area contributed by atoms with Crippen molar-refractivity contribution in [1.82, 2.24) is 0 Å². The van der Waals surface area contributed by atoms with Gasteiger partial charge in [-0.15, -0.1) is 0 Å². The molecule has 2 aromatic carbocycles. The molecule has 0 atom stereocenters. The van der Waals surface area contributed by atoms with Crippen LogP contribution in [-0.2, 0) is 11.2 Å². The lowest BCUT2D eigenvalue weighted by Crippen LogP contribution is -2.09. The average molecular weight is 284 g/mol. The first-order valence-corrected chi connectivity index (χ1v) is 7.08. The second kappa shape index (κ2) is 6.93. The second-order valence-corrected chi connectivity index (χ2v) is 5.50. The summed E-state index contributed by atoms with van der Waals surface area (Å²) in [5.74, 6) is 0.249. The summed E-state index contributed by atoms with van der Waals surface area (Å²) < 4.78 is 5.12. The summed E-state index contributed by atoms with van der Waals surface area (Å²) in [5.41, 5.74) is 3.58. The SMILES string of the molecule is CC(C)Cc1ccc(-c2ccc(OCC(=O)O)cc2)cc1. The molecule has 21 heavy (non-hydrogen) atoms. The maximum Gasteiger partial charge on any atom is 0.341 e. The van der Waals surface area contributed by atoms with Gasteiger partial charge in [0.25, 0.3) is 0 Å². The third kappa shape index (κ3) is 4.63. The summed E-state index contributed by atoms with van der Waals surface area (Å²) in [6.45, 7) is 4.11. The van der Waals surface area contributed by atoms with E-state index in [1.807, 2.05) is 12.1 Å². The molecule has 0 saturated heterocycles. The molecule has 0 radical (unpaired) electrons. The molecule has 0 amide bonds. The Balaban J connectivity index is 2.06. The second-order valence-electron chi connectivity index (χ2n) is 5.50. The maximum absolute atomic E-state index is 10.4. The first-order chi connectivity index (χ1) is 10.0. The van der Waals surface area contributed by atoms with Gasteiger partial charge in [0, 0.05) is 0 Å². The summed E-state index contributed by atoms with van der Waals surface area (Å²) >= 11 is 0. The third-order valence-electron chi connectivity index (χ3n) is 3.15. The molecule has 0 spiro atoms. The fourth-order valence-electron chi connectivity index (χ4n) is 2.19. The molecule has 3 nitrogen and oxygen atoms in total. The highest BCUT2D eigenvalue weighted by molar-refractivity contribution is 5.68. The molecule has 0 saturated carbocycles. The number of carboxylic acid groups (broad SMARTS) is 1. The van der Waals surface area contributed by atoms with Crippen LogP contribution in [0.15, 0.2) is 48.5 Å². The lowest BCUT2D eigenvalue weighted by molar-refractivity contribution is -0.139. The van der Waals surface area contributed by atoms with E-state index in [9.17, 15) is 4.79 Å². The van der Waals surface area contributed by atoms with Crippen LogP contribution < -0.4 is 4.74 Å². The zero-order chi connectivity index (χ0) is 15.2. The van der Waals surface area contributed by atoms with Crippen molar-refractivity contribution in [3.63, 3.8) is 0 Å². The van der Waals surface area contributed by atoms with Gasteiger partial charge in [-0.05, 0) is 41.2 Å². The normalized spacial score (nSPS) is 10.6. The Labute approximate surface area is 125 Å². The van der Waals surface area contributed by atoms with Gasteiger partial charge < -0.3 is 9.84 Å². The largest absolute Gasteiger partial charge is 0.482 e. The Morgan fingerprint density at radius 2 is 1.52 bits per heavy atom. The van der Waals surface area contributed by atoms with Gasteiger partial charge in [-0.25, -0.2) is 4.79 Å². The lowest BCUT2D eigenvalue weighted by atomic mass is 9.99. The first kappa shape index (κ1) is 15.1. The molecule has 110 valence electrons. The molecule has 0 fully saturated rings. The zero-order valence-electron chi connectivity index (χ0n) is 12.4. The van der Waals surface area contributed by atoms with Gasteiger partial charge in [-0.3, -0.25) is 0 Å². The summed E-state index contributed by atoms with van der Waals surface area (Å²) in [7, 11) is 0. The summed E-state index contributed by atoms with van der Waals surface area (Å²) in [4.78, 5) is 10.4. The van der Waals surface area contributed by atoms with Crippen molar-refractivity contribution in [1.29, 1.82) is 0 Å². The predicted molar refractivity (Wildman–Crippen MR) is 83.6 cm³/mol. The van der Waals surface area contributed by atoms with Crippen molar-refractivity contribution in [2.75, 3.05) is 6.61 Å². The Kier molecular flexibility index (Phi) is 4.99. The quantitative estimate of drug-likeness (QED) is 0.871. The van der Waals surface area contributed by atoms with Gasteiger partial charge in [0.1, 0.15) is 5.75 Å². The smallest absolute Gasteiger partial charge is 0.341 e. The van der Waals surface area contributed by atoms with Gasteiger partial charge in [0.2, 0.25) is 0 Å². The van der Waals surface area contributed by atoms with E-state index < -0.39 is 5.97 Å². The highest BCUT2D eigenvalue weighted by Crippen LogP contribution is 2.23. The number of rotatable bonds is 6. The molecule has 0 aliphatic rings. The highest BCUT2D eigenvalue weighted by atomic mass is 16.5. The molecule has 2 aromatic rings. The van der Waals surface area contributed by atoms with E-state index in [1.54, 1.807) is 12.1 Å². The van der Waals surface area contributed by atoms with Crippen LogP contribution in [0.2, 0.25) is 0 Å². The van der Waals surface area contributed by atoms with Gasteiger partial charge >= 0.3 is 5.97 Å². The molecular weight excluding hydrogens is 264 g/mol. The van der Waals surface area contributed by atoms with E-state index in [0.29, 0.717) is 11.7 Å². The standard InChI is InChI=1S/C18H20O3/c1-13(2)11-14-3-5-15(6-4-14)16-7-9-17(10-8-16)21-12-18(19)20/h3-10,13H,11-12H2,1-2H3,(H,19,20). The van der Waals surface area contributed by atoms with E-state index in [1.165, 1.54) is 5.56 Å². The van der Waals surface area contributed by atoms with Crippen molar-refractivity contribution < 1.29 is 14.6 Å². The van der Waals surface area contributed by atoms with Gasteiger partial charge in [0.05, 0.1) is 0 Å². The zero-order valence-corrected chi connectivity index (χ0v) is 12.4. The van der Waals surface area contributed by atoms with Gasteiger partial charge in [0.15, 0.2) is 6.61 Å². The predicted octanol–water partition coefficient (Wildman–Crippen LogP) is 4.02. The maximum atomic E-state index is 10.4. The van der Waals surface area contributed by atoms with Crippen molar-refractivity contribution in [2.24, 2.45) is 5.92 Å². The molecule has 1 N–H and O–H groups in total. The van der Waals surface area contributed by atoms with E-state index in [4.69, 9.17) is 9.84 Å². The number of benzene rings is 2. The molecule has 0 aliphatic carbocycles. The Morgan fingerprint density at radius 1 is 1.00 bits per heavy atom. The fraction of sp³-hybridized carbons (Fsp3) is 0.278. The number of hydrogen-bond acceptors (Lipinski definition) is 2. The number of ether oxygens (including phenoxy) is 1. The van der Waals surface area contributed by atoms with Crippen LogP contribution in [-0.4, -0.2) is 17.7 Å². The van der Waals surface area contributed by atoms with Crippen LogP contribution in [0.4, 0.5) is 0 Å². The average Bonchev–Trinajstić information content (AvgIpc) is 2.46. The number of carbonyl (C=O) groups is 1. The number of carboxylic acids is 1. The number of aliphatic carboxylic acids is 1. The number of hydrogen-bond donors (Lipinski definition) is 1. The Hall–Kier alpha value is -2.29. The van der Waals surface area contributed by atoms with Crippen LogP contribution >= 0.6 is 0 Å². The van der Waals surface area contributed by atoms with Crippen molar-refractivity contribution >= 4 is 5.97 Å². The van der Waals surface area contributed by atoms with Crippen LogP contribution in [0, 0.1) is 5.92 Å². The monoisotopic (exact) mass is 284 g/mol. The van der Waals surface area contributed by atoms with Crippen LogP contribution in [0.25, 0.3) is 11.1 Å². The molecular formula is C18H20O3. The van der Waals surface area contributed by atoms with Crippen molar-refractivity contribution in [3.8, 4) is 16.9 Å². The summed E-state index contributed by atoms with van der Waals surface area (Å²) in [6, 6.07) is 16.0. The van der Waals surface area contributed by atoms with Crippen molar-refractivity contribution in [2.45, 2.75) is 20.3 Å². The van der Waals surface area contributed by atoms with Gasteiger partial charge in [-0.2, -0.15) is 0 Å². The minimum Gasteiger partial charge on any atom is -0.482 e. The third-order valence-corrected chi connectivity index (χ3v) is 3.15. The molecule has 2 rings (SSSR count).